The van der Waals surface area contributed by atoms with Gasteiger partial charge in [-0.1, -0.05) is 32.9 Å². The monoisotopic (exact) mass is 264 g/mol. The predicted molar refractivity (Wildman–Crippen MR) is 60.9 cm³/mol. The number of rotatable bonds is 2. The molecule has 0 saturated heterocycles. The van der Waals surface area contributed by atoms with E-state index in [2.05, 4.69) is 5.43 Å². The van der Waals surface area contributed by atoms with Gasteiger partial charge in [-0.25, -0.2) is 4.39 Å². The molecule has 2 nitrogen and oxygen atoms in total. The van der Waals surface area contributed by atoms with Gasteiger partial charge in [0.1, 0.15) is 5.82 Å². The van der Waals surface area contributed by atoms with Gasteiger partial charge in [0, 0.05) is 5.56 Å². The molecular weight excluding hydrogens is 248 g/mol. The summed E-state index contributed by atoms with van der Waals surface area (Å²) in [5, 5.41) is 0. The lowest BCUT2D eigenvalue weighted by Gasteiger charge is -2.31. The largest absolute Gasteiger partial charge is 0.419 e. The van der Waals surface area contributed by atoms with E-state index in [4.69, 9.17) is 5.84 Å². The van der Waals surface area contributed by atoms with Crippen LogP contribution in [-0.4, -0.2) is 0 Å². The number of nitrogens with one attached hydrogen (secondary N) is 1. The number of alkyl halides is 3. The Kier molecular flexibility index (Phi) is 4.02. The maximum atomic E-state index is 13.9. The summed E-state index contributed by atoms with van der Waals surface area (Å²) in [5.74, 6) is 4.05. The summed E-state index contributed by atoms with van der Waals surface area (Å²) >= 11 is 0. The minimum absolute atomic E-state index is 0.0835. The Balaban J connectivity index is 3.35. The van der Waals surface area contributed by atoms with Crippen molar-refractivity contribution in [1.29, 1.82) is 0 Å². The SMILES string of the molecule is CC(C)(C)C(NN)c1cccc(C(F)(F)F)c1F. The summed E-state index contributed by atoms with van der Waals surface area (Å²) in [6.45, 7) is 5.28. The molecule has 0 fully saturated rings. The molecule has 1 unspecified atom stereocenters. The van der Waals surface area contributed by atoms with Gasteiger partial charge >= 0.3 is 6.18 Å². The van der Waals surface area contributed by atoms with Gasteiger partial charge < -0.3 is 0 Å². The minimum atomic E-state index is -4.71. The lowest BCUT2D eigenvalue weighted by atomic mass is 9.82. The number of halogens is 4. The van der Waals surface area contributed by atoms with Crippen LogP contribution < -0.4 is 11.3 Å². The maximum absolute atomic E-state index is 13.9. The van der Waals surface area contributed by atoms with Crippen molar-refractivity contribution >= 4 is 0 Å². The first-order valence-corrected chi connectivity index (χ1v) is 5.40. The molecule has 0 aromatic heterocycles. The molecule has 0 aliphatic heterocycles. The molecule has 0 aliphatic carbocycles. The fourth-order valence-corrected chi connectivity index (χ4v) is 1.80. The fourth-order valence-electron chi connectivity index (χ4n) is 1.80. The number of benzene rings is 1. The summed E-state index contributed by atoms with van der Waals surface area (Å²) in [6, 6.07) is 2.49. The van der Waals surface area contributed by atoms with Gasteiger partial charge in [0.25, 0.3) is 0 Å². The molecule has 0 radical (unpaired) electrons. The molecule has 0 spiro atoms. The Morgan fingerprint density at radius 1 is 1.17 bits per heavy atom. The van der Waals surface area contributed by atoms with Crippen LogP contribution >= 0.6 is 0 Å². The number of hydrazine groups is 1. The van der Waals surface area contributed by atoms with Crippen molar-refractivity contribution in [3.63, 3.8) is 0 Å². The Hall–Kier alpha value is -1.14. The van der Waals surface area contributed by atoms with E-state index in [1.807, 2.05) is 0 Å². The topological polar surface area (TPSA) is 38.0 Å². The van der Waals surface area contributed by atoms with E-state index in [0.717, 1.165) is 6.07 Å². The van der Waals surface area contributed by atoms with Crippen molar-refractivity contribution in [2.45, 2.75) is 33.0 Å². The molecule has 1 aromatic carbocycles. The Bertz CT molecular complexity index is 421. The van der Waals surface area contributed by atoms with E-state index in [9.17, 15) is 17.6 Å². The number of hydrogen-bond donors (Lipinski definition) is 2. The van der Waals surface area contributed by atoms with Crippen LogP contribution in [0, 0.1) is 11.2 Å². The molecule has 0 heterocycles. The van der Waals surface area contributed by atoms with Crippen LogP contribution in [0.3, 0.4) is 0 Å². The van der Waals surface area contributed by atoms with Crippen LogP contribution in [0.4, 0.5) is 17.6 Å². The molecule has 3 N–H and O–H groups in total. The minimum Gasteiger partial charge on any atom is -0.271 e. The zero-order chi connectivity index (χ0) is 14.1. The van der Waals surface area contributed by atoms with Crippen molar-refractivity contribution in [3.05, 3.63) is 35.1 Å². The van der Waals surface area contributed by atoms with Crippen LogP contribution in [0.5, 0.6) is 0 Å². The first-order valence-electron chi connectivity index (χ1n) is 5.40. The second-order valence-electron chi connectivity index (χ2n) is 5.17. The van der Waals surface area contributed by atoms with Crippen LogP contribution in [0.15, 0.2) is 18.2 Å². The third-order valence-corrected chi connectivity index (χ3v) is 2.68. The third kappa shape index (κ3) is 3.00. The highest BCUT2D eigenvalue weighted by Gasteiger charge is 2.37. The van der Waals surface area contributed by atoms with Gasteiger partial charge in [-0.05, 0) is 11.5 Å². The quantitative estimate of drug-likeness (QED) is 0.488. The van der Waals surface area contributed by atoms with E-state index < -0.39 is 29.0 Å². The second kappa shape index (κ2) is 4.85. The summed E-state index contributed by atoms with van der Waals surface area (Å²) < 4.78 is 51.7. The molecule has 18 heavy (non-hydrogen) atoms. The molecule has 0 aliphatic rings. The fraction of sp³-hybridized carbons (Fsp3) is 0.500. The third-order valence-electron chi connectivity index (χ3n) is 2.68. The zero-order valence-electron chi connectivity index (χ0n) is 10.4. The predicted octanol–water partition coefficient (Wildman–Crippen LogP) is 3.40. The van der Waals surface area contributed by atoms with Gasteiger partial charge in [0.15, 0.2) is 0 Å². The van der Waals surface area contributed by atoms with Crippen molar-refractivity contribution in [1.82, 2.24) is 5.43 Å². The molecular formula is C12H16F4N2. The van der Waals surface area contributed by atoms with E-state index in [1.165, 1.54) is 12.1 Å². The van der Waals surface area contributed by atoms with Crippen LogP contribution in [-0.2, 0) is 6.18 Å². The molecule has 6 heteroatoms. The first kappa shape index (κ1) is 14.9. The highest BCUT2D eigenvalue weighted by molar-refractivity contribution is 5.31. The van der Waals surface area contributed by atoms with Crippen molar-refractivity contribution in [2.24, 2.45) is 11.3 Å². The normalized spacial score (nSPS) is 14.7. The van der Waals surface area contributed by atoms with Crippen molar-refractivity contribution in [2.75, 3.05) is 0 Å². The highest BCUT2D eigenvalue weighted by Crippen LogP contribution is 2.38. The molecule has 1 aromatic rings. The first-order chi connectivity index (χ1) is 8.09. The average molecular weight is 264 g/mol. The molecule has 1 atom stereocenters. The zero-order valence-corrected chi connectivity index (χ0v) is 10.4. The highest BCUT2D eigenvalue weighted by atomic mass is 19.4. The van der Waals surface area contributed by atoms with Crippen molar-refractivity contribution < 1.29 is 17.6 Å². The van der Waals surface area contributed by atoms with Crippen molar-refractivity contribution in [3.8, 4) is 0 Å². The Morgan fingerprint density at radius 3 is 2.11 bits per heavy atom. The molecule has 0 amide bonds. The number of hydrogen-bond acceptors (Lipinski definition) is 2. The molecule has 0 saturated carbocycles. The molecule has 1 rings (SSSR count). The van der Waals surface area contributed by atoms with E-state index >= 15 is 0 Å². The lowest BCUT2D eigenvalue weighted by molar-refractivity contribution is -0.140. The van der Waals surface area contributed by atoms with Gasteiger partial charge in [-0.3, -0.25) is 11.3 Å². The second-order valence-corrected chi connectivity index (χ2v) is 5.17. The Morgan fingerprint density at radius 2 is 1.72 bits per heavy atom. The van der Waals surface area contributed by atoms with E-state index in [1.54, 1.807) is 20.8 Å². The van der Waals surface area contributed by atoms with Gasteiger partial charge in [0.05, 0.1) is 11.6 Å². The van der Waals surface area contributed by atoms with Gasteiger partial charge in [-0.15, -0.1) is 0 Å². The van der Waals surface area contributed by atoms with Crippen LogP contribution in [0.2, 0.25) is 0 Å². The summed E-state index contributed by atoms with van der Waals surface area (Å²) in [7, 11) is 0. The standard InChI is InChI=1S/C12H16F4N2/c1-11(2,3)10(18-17)7-5-4-6-8(9(7)13)12(14,15)16/h4-6,10,18H,17H2,1-3H3. The van der Waals surface area contributed by atoms with Gasteiger partial charge in [0.2, 0.25) is 0 Å². The molecule has 0 bridgehead atoms. The van der Waals surface area contributed by atoms with E-state index in [-0.39, 0.29) is 5.56 Å². The smallest absolute Gasteiger partial charge is 0.271 e. The average Bonchev–Trinajstić information content (AvgIpc) is 2.17. The maximum Gasteiger partial charge on any atom is 0.419 e. The molecule has 102 valence electrons. The lowest BCUT2D eigenvalue weighted by Crippen LogP contribution is -2.37. The van der Waals surface area contributed by atoms with Gasteiger partial charge in [-0.2, -0.15) is 13.2 Å². The summed E-state index contributed by atoms with van der Waals surface area (Å²) in [6.07, 6.45) is -4.71. The summed E-state index contributed by atoms with van der Waals surface area (Å²) in [4.78, 5) is 0. The number of nitrogens with two attached hydrogens (primary N) is 1. The van der Waals surface area contributed by atoms with Crippen LogP contribution in [0.25, 0.3) is 0 Å². The van der Waals surface area contributed by atoms with Crippen LogP contribution in [0.1, 0.15) is 37.9 Å². The van der Waals surface area contributed by atoms with E-state index in [0.29, 0.717) is 0 Å². The Labute approximate surface area is 103 Å². The summed E-state index contributed by atoms with van der Waals surface area (Å²) in [5.41, 5.74) is 0.499.